The molecule has 0 spiro atoms. The average molecular weight is 292 g/mol. The van der Waals surface area contributed by atoms with Crippen LogP contribution in [0.4, 0.5) is 21.0 Å². The molecule has 0 aromatic heterocycles. The Morgan fingerprint density at radius 1 is 1.38 bits per heavy atom. The van der Waals surface area contributed by atoms with Gasteiger partial charge in [-0.2, -0.15) is 0 Å². The Morgan fingerprint density at radius 2 is 2.10 bits per heavy atom. The first-order valence-electron chi connectivity index (χ1n) is 6.94. The third-order valence-electron chi connectivity index (χ3n) is 3.33. The van der Waals surface area contributed by atoms with Crippen LogP contribution < -0.4 is 20.9 Å². The van der Waals surface area contributed by atoms with Gasteiger partial charge in [0.05, 0.1) is 11.4 Å². The largest absolute Gasteiger partial charge is 0.465 e. The fourth-order valence-electron chi connectivity index (χ4n) is 2.39. The Balaban J connectivity index is 2.27. The highest BCUT2D eigenvalue weighted by Gasteiger charge is 2.44. The fourth-order valence-corrected chi connectivity index (χ4v) is 2.39. The monoisotopic (exact) mass is 292 g/mol. The van der Waals surface area contributed by atoms with E-state index in [0.717, 1.165) is 12.8 Å². The number of anilines is 2. The molecule has 1 aliphatic heterocycles. The van der Waals surface area contributed by atoms with Crippen LogP contribution in [-0.2, 0) is 0 Å². The standard InChI is InChI=1S/C14H20N4O3/c1-3-4-9-15-12(19)18-11-8-6-5-7-10(11)16-14(18,2)17-13(20)21/h5-8,16-17H,3-4,9H2,1-2H3,(H,15,19)(H,20,21). The fraction of sp³-hybridized carbons (Fsp3) is 0.429. The van der Waals surface area contributed by atoms with Crippen molar-refractivity contribution in [3.8, 4) is 0 Å². The van der Waals surface area contributed by atoms with Crippen LogP contribution in [0.5, 0.6) is 0 Å². The second-order valence-electron chi connectivity index (χ2n) is 5.07. The number of unbranched alkanes of at least 4 members (excludes halogenated alkanes) is 1. The molecule has 1 unspecified atom stereocenters. The predicted octanol–water partition coefficient (Wildman–Crippen LogP) is 2.37. The first-order chi connectivity index (χ1) is 9.98. The summed E-state index contributed by atoms with van der Waals surface area (Å²) < 4.78 is 0. The second kappa shape index (κ2) is 5.90. The zero-order valence-electron chi connectivity index (χ0n) is 12.1. The summed E-state index contributed by atoms with van der Waals surface area (Å²) in [6.45, 7) is 4.20. The van der Waals surface area contributed by atoms with E-state index in [4.69, 9.17) is 5.11 Å². The van der Waals surface area contributed by atoms with Crippen molar-refractivity contribution in [3.63, 3.8) is 0 Å². The number of carbonyl (C=O) groups excluding carboxylic acids is 1. The lowest BCUT2D eigenvalue weighted by Crippen LogP contribution is -2.64. The van der Waals surface area contributed by atoms with Crippen molar-refractivity contribution in [2.45, 2.75) is 32.5 Å². The number of nitrogens with one attached hydrogen (secondary N) is 3. The van der Waals surface area contributed by atoms with Gasteiger partial charge in [0.15, 0.2) is 5.79 Å². The van der Waals surface area contributed by atoms with Crippen LogP contribution >= 0.6 is 0 Å². The highest BCUT2D eigenvalue weighted by Crippen LogP contribution is 2.38. The molecule has 7 nitrogen and oxygen atoms in total. The average Bonchev–Trinajstić information content (AvgIpc) is 2.69. The lowest BCUT2D eigenvalue weighted by atomic mass is 10.2. The number of rotatable bonds is 4. The van der Waals surface area contributed by atoms with Crippen LogP contribution in [0.25, 0.3) is 0 Å². The topological polar surface area (TPSA) is 93.7 Å². The van der Waals surface area contributed by atoms with Gasteiger partial charge in [0, 0.05) is 6.54 Å². The van der Waals surface area contributed by atoms with Crippen molar-refractivity contribution in [2.75, 3.05) is 16.8 Å². The summed E-state index contributed by atoms with van der Waals surface area (Å²) >= 11 is 0. The minimum atomic E-state index is -1.22. The van der Waals surface area contributed by atoms with E-state index < -0.39 is 11.9 Å². The van der Waals surface area contributed by atoms with Crippen LogP contribution in [0.3, 0.4) is 0 Å². The maximum Gasteiger partial charge on any atom is 0.407 e. The number of hydrogen-bond donors (Lipinski definition) is 4. The molecule has 0 aliphatic carbocycles. The lowest BCUT2D eigenvalue weighted by Gasteiger charge is -2.34. The molecular formula is C14H20N4O3. The quantitative estimate of drug-likeness (QED) is 0.641. The van der Waals surface area contributed by atoms with Crippen molar-refractivity contribution in [1.29, 1.82) is 0 Å². The summed E-state index contributed by atoms with van der Waals surface area (Å²) in [7, 11) is 0. The third kappa shape index (κ3) is 3.01. The number of urea groups is 1. The molecule has 1 aliphatic rings. The van der Waals surface area contributed by atoms with Crippen LogP contribution in [0.1, 0.15) is 26.7 Å². The lowest BCUT2D eigenvalue weighted by molar-refractivity contribution is 0.183. The molecule has 1 atom stereocenters. The number of benzene rings is 1. The first-order valence-corrected chi connectivity index (χ1v) is 6.94. The molecule has 4 N–H and O–H groups in total. The van der Waals surface area contributed by atoms with Gasteiger partial charge in [-0.25, -0.2) is 9.59 Å². The van der Waals surface area contributed by atoms with Crippen LogP contribution in [0, 0.1) is 0 Å². The Hall–Kier alpha value is -2.44. The third-order valence-corrected chi connectivity index (χ3v) is 3.33. The number of amides is 3. The molecule has 0 fully saturated rings. The summed E-state index contributed by atoms with van der Waals surface area (Å²) in [6.07, 6.45) is 0.640. The van der Waals surface area contributed by atoms with E-state index in [-0.39, 0.29) is 6.03 Å². The molecule has 1 aromatic carbocycles. The Kier molecular flexibility index (Phi) is 4.21. The number of carboxylic acid groups (broad SMARTS) is 1. The van der Waals surface area contributed by atoms with E-state index in [1.165, 1.54) is 4.90 Å². The number of carbonyl (C=O) groups is 2. The van der Waals surface area contributed by atoms with Crippen LogP contribution in [-0.4, -0.2) is 29.6 Å². The molecule has 21 heavy (non-hydrogen) atoms. The van der Waals surface area contributed by atoms with Crippen molar-refractivity contribution in [3.05, 3.63) is 24.3 Å². The minimum absolute atomic E-state index is 0.336. The predicted molar refractivity (Wildman–Crippen MR) is 80.4 cm³/mol. The molecule has 0 saturated heterocycles. The number of fused-ring (bicyclic) bond motifs is 1. The molecule has 0 bridgehead atoms. The van der Waals surface area contributed by atoms with Crippen molar-refractivity contribution >= 4 is 23.5 Å². The summed E-state index contributed by atoms with van der Waals surface area (Å²) in [5.74, 6) is -1.22. The van der Waals surface area contributed by atoms with Crippen molar-refractivity contribution < 1.29 is 14.7 Å². The van der Waals surface area contributed by atoms with Crippen LogP contribution in [0.15, 0.2) is 24.3 Å². The van der Waals surface area contributed by atoms with Crippen molar-refractivity contribution in [1.82, 2.24) is 10.6 Å². The SMILES string of the molecule is CCCCNC(=O)N1c2ccccc2NC1(C)NC(=O)O. The Bertz CT molecular complexity index is 549. The molecular weight excluding hydrogens is 272 g/mol. The summed E-state index contributed by atoms with van der Waals surface area (Å²) in [5.41, 5.74) is 1.35. The summed E-state index contributed by atoms with van der Waals surface area (Å²) in [5, 5.41) is 17.2. The van der Waals surface area contributed by atoms with Crippen LogP contribution in [0.2, 0.25) is 0 Å². The highest BCUT2D eigenvalue weighted by molar-refractivity contribution is 6.00. The maximum absolute atomic E-state index is 12.4. The first kappa shape index (κ1) is 15.0. The molecule has 1 heterocycles. The van der Waals surface area contributed by atoms with E-state index in [2.05, 4.69) is 16.0 Å². The molecule has 2 rings (SSSR count). The van der Waals surface area contributed by atoms with E-state index in [0.29, 0.717) is 17.9 Å². The number of hydrogen-bond acceptors (Lipinski definition) is 3. The van der Waals surface area contributed by atoms with Gasteiger partial charge in [0.25, 0.3) is 0 Å². The Labute approximate surface area is 123 Å². The van der Waals surface area contributed by atoms with Gasteiger partial charge in [-0.3, -0.25) is 10.2 Å². The zero-order chi connectivity index (χ0) is 15.5. The van der Waals surface area contributed by atoms with E-state index in [1.807, 2.05) is 13.0 Å². The van der Waals surface area contributed by atoms with Gasteiger partial charge in [-0.05, 0) is 25.5 Å². The zero-order valence-corrected chi connectivity index (χ0v) is 12.1. The normalized spacial score (nSPS) is 19.6. The molecule has 7 heteroatoms. The number of para-hydroxylation sites is 2. The molecule has 1 aromatic rings. The smallest absolute Gasteiger partial charge is 0.407 e. The van der Waals surface area contributed by atoms with E-state index >= 15 is 0 Å². The van der Waals surface area contributed by atoms with Gasteiger partial charge in [0.1, 0.15) is 0 Å². The molecule has 114 valence electrons. The molecule has 0 saturated carbocycles. The summed E-state index contributed by atoms with van der Waals surface area (Å²) in [4.78, 5) is 24.8. The molecule has 3 amide bonds. The Morgan fingerprint density at radius 3 is 2.76 bits per heavy atom. The van der Waals surface area contributed by atoms with Gasteiger partial charge >= 0.3 is 12.1 Å². The van der Waals surface area contributed by atoms with Crippen molar-refractivity contribution in [2.24, 2.45) is 0 Å². The van der Waals surface area contributed by atoms with E-state index in [1.54, 1.807) is 25.1 Å². The van der Waals surface area contributed by atoms with Gasteiger partial charge in [-0.1, -0.05) is 25.5 Å². The molecule has 0 radical (unpaired) electrons. The summed E-state index contributed by atoms with van der Waals surface area (Å²) in [6, 6.07) is 6.87. The number of nitrogens with zero attached hydrogens (tertiary/aromatic N) is 1. The van der Waals surface area contributed by atoms with E-state index in [9.17, 15) is 9.59 Å². The second-order valence-corrected chi connectivity index (χ2v) is 5.07. The highest BCUT2D eigenvalue weighted by atomic mass is 16.4. The maximum atomic E-state index is 12.4. The minimum Gasteiger partial charge on any atom is -0.465 e. The van der Waals surface area contributed by atoms with Gasteiger partial charge in [-0.15, -0.1) is 0 Å². The van der Waals surface area contributed by atoms with Gasteiger partial charge in [0.2, 0.25) is 0 Å². The van der Waals surface area contributed by atoms with Gasteiger partial charge < -0.3 is 15.7 Å².